The topological polar surface area (TPSA) is 47.6 Å². The summed E-state index contributed by atoms with van der Waals surface area (Å²) in [7, 11) is 1.59. The molecular formula is C18H27NO3. The first-order chi connectivity index (χ1) is 10.7. The summed E-state index contributed by atoms with van der Waals surface area (Å²) in [5.41, 5.74) is 1.03. The van der Waals surface area contributed by atoms with Gasteiger partial charge in [0.05, 0.1) is 7.11 Å². The van der Waals surface area contributed by atoms with Crippen LogP contribution in [0.25, 0.3) is 6.08 Å². The van der Waals surface area contributed by atoms with E-state index in [1.807, 2.05) is 37.3 Å². The Morgan fingerprint density at radius 1 is 1.23 bits per heavy atom. The number of allylic oxidation sites excluding steroid dienone is 1. The highest BCUT2D eigenvalue weighted by molar-refractivity contribution is 5.77. The molecule has 0 saturated heterocycles. The average molecular weight is 305 g/mol. The fraction of sp³-hybridized carbons (Fsp3) is 0.500. The van der Waals surface area contributed by atoms with E-state index in [2.05, 4.69) is 12.2 Å². The number of ether oxygens (including phenoxy) is 2. The summed E-state index contributed by atoms with van der Waals surface area (Å²) in [4.78, 5) is 11.7. The highest BCUT2D eigenvalue weighted by Gasteiger charge is 2.07. The molecule has 1 amide bonds. The van der Waals surface area contributed by atoms with E-state index >= 15 is 0 Å². The number of hydrogen-bond donors (Lipinski definition) is 1. The maximum absolute atomic E-state index is 11.7. The van der Waals surface area contributed by atoms with Crippen LogP contribution in [-0.2, 0) is 4.79 Å². The molecule has 0 saturated carbocycles. The third kappa shape index (κ3) is 6.66. The minimum atomic E-state index is -0.101. The Morgan fingerprint density at radius 3 is 2.73 bits per heavy atom. The normalized spacial score (nSPS) is 10.7. The fourth-order valence-electron chi connectivity index (χ4n) is 2.07. The van der Waals surface area contributed by atoms with E-state index in [-0.39, 0.29) is 12.5 Å². The zero-order valence-electron chi connectivity index (χ0n) is 13.9. The van der Waals surface area contributed by atoms with Gasteiger partial charge < -0.3 is 14.8 Å². The molecule has 1 N–H and O–H groups in total. The van der Waals surface area contributed by atoms with Gasteiger partial charge >= 0.3 is 0 Å². The SMILES string of the molecule is C/C=C/c1ccc(OCC(=O)NCCCCCC)c(OC)c1. The van der Waals surface area contributed by atoms with Crippen molar-refractivity contribution in [1.29, 1.82) is 0 Å². The molecule has 0 radical (unpaired) electrons. The molecule has 0 aliphatic rings. The smallest absolute Gasteiger partial charge is 0.257 e. The Labute approximate surface area is 133 Å². The molecule has 4 heteroatoms. The van der Waals surface area contributed by atoms with Crippen molar-refractivity contribution < 1.29 is 14.3 Å². The molecule has 0 bridgehead atoms. The number of benzene rings is 1. The van der Waals surface area contributed by atoms with Crippen LogP contribution in [0.4, 0.5) is 0 Å². The van der Waals surface area contributed by atoms with Gasteiger partial charge in [-0.05, 0) is 31.0 Å². The first-order valence-electron chi connectivity index (χ1n) is 7.91. The second kappa shape index (κ2) is 10.7. The lowest BCUT2D eigenvalue weighted by molar-refractivity contribution is -0.123. The van der Waals surface area contributed by atoms with E-state index in [9.17, 15) is 4.79 Å². The van der Waals surface area contributed by atoms with Crippen LogP contribution in [0, 0.1) is 0 Å². The quantitative estimate of drug-likeness (QED) is 0.669. The third-order valence-electron chi connectivity index (χ3n) is 3.26. The molecule has 1 rings (SSSR count). The largest absolute Gasteiger partial charge is 0.493 e. The van der Waals surface area contributed by atoms with E-state index in [4.69, 9.17) is 9.47 Å². The molecule has 0 atom stereocenters. The zero-order valence-corrected chi connectivity index (χ0v) is 13.9. The monoisotopic (exact) mass is 305 g/mol. The Kier molecular flexibility index (Phi) is 8.80. The lowest BCUT2D eigenvalue weighted by atomic mass is 10.2. The first-order valence-corrected chi connectivity index (χ1v) is 7.91. The van der Waals surface area contributed by atoms with E-state index < -0.39 is 0 Å². The van der Waals surface area contributed by atoms with Crippen LogP contribution in [-0.4, -0.2) is 26.2 Å². The Morgan fingerprint density at radius 2 is 2.05 bits per heavy atom. The Balaban J connectivity index is 2.41. The van der Waals surface area contributed by atoms with E-state index in [0.717, 1.165) is 18.4 Å². The first kappa shape index (κ1) is 18.1. The van der Waals surface area contributed by atoms with Crippen molar-refractivity contribution in [2.75, 3.05) is 20.3 Å². The number of rotatable bonds is 10. The average Bonchev–Trinajstić information content (AvgIpc) is 2.53. The molecule has 0 unspecified atom stereocenters. The van der Waals surface area contributed by atoms with Crippen molar-refractivity contribution in [2.24, 2.45) is 0 Å². The van der Waals surface area contributed by atoms with Gasteiger partial charge in [-0.15, -0.1) is 0 Å². The molecule has 0 aliphatic heterocycles. The van der Waals surface area contributed by atoms with Gasteiger partial charge in [0, 0.05) is 6.54 Å². The molecule has 0 aliphatic carbocycles. The summed E-state index contributed by atoms with van der Waals surface area (Å²) in [5.74, 6) is 1.11. The van der Waals surface area contributed by atoms with Crippen LogP contribution in [0.5, 0.6) is 11.5 Å². The predicted octanol–water partition coefficient (Wildman–Crippen LogP) is 3.80. The minimum Gasteiger partial charge on any atom is -0.493 e. The van der Waals surface area contributed by atoms with Crippen LogP contribution in [0.3, 0.4) is 0 Å². The van der Waals surface area contributed by atoms with Crippen molar-refractivity contribution >= 4 is 12.0 Å². The second-order valence-corrected chi connectivity index (χ2v) is 5.11. The van der Waals surface area contributed by atoms with Gasteiger partial charge in [0.25, 0.3) is 5.91 Å². The van der Waals surface area contributed by atoms with Gasteiger partial charge in [0.1, 0.15) is 0 Å². The van der Waals surface area contributed by atoms with Crippen LogP contribution in [0.2, 0.25) is 0 Å². The van der Waals surface area contributed by atoms with Crippen molar-refractivity contribution in [1.82, 2.24) is 5.32 Å². The zero-order chi connectivity index (χ0) is 16.2. The van der Waals surface area contributed by atoms with E-state index in [1.165, 1.54) is 12.8 Å². The van der Waals surface area contributed by atoms with Gasteiger partial charge in [-0.1, -0.05) is 44.4 Å². The number of carbonyl (C=O) groups excluding carboxylic acids is 1. The number of nitrogens with one attached hydrogen (secondary N) is 1. The highest BCUT2D eigenvalue weighted by Crippen LogP contribution is 2.28. The molecule has 122 valence electrons. The molecule has 1 aromatic rings. The highest BCUT2D eigenvalue weighted by atomic mass is 16.5. The number of hydrogen-bond acceptors (Lipinski definition) is 3. The molecule has 0 fully saturated rings. The van der Waals surface area contributed by atoms with Crippen molar-refractivity contribution in [3.63, 3.8) is 0 Å². The van der Waals surface area contributed by atoms with E-state index in [1.54, 1.807) is 7.11 Å². The fourth-order valence-corrected chi connectivity index (χ4v) is 2.07. The molecule has 1 aromatic carbocycles. The maximum Gasteiger partial charge on any atom is 0.257 e. The summed E-state index contributed by atoms with van der Waals surface area (Å²) in [5, 5.41) is 2.87. The number of carbonyl (C=O) groups is 1. The van der Waals surface area contributed by atoms with E-state index in [0.29, 0.717) is 18.0 Å². The van der Waals surface area contributed by atoms with Gasteiger partial charge in [-0.2, -0.15) is 0 Å². The van der Waals surface area contributed by atoms with Crippen molar-refractivity contribution in [2.45, 2.75) is 39.5 Å². The summed E-state index contributed by atoms with van der Waals surface area (Å²) in [6.45, 7) is 4.84. The van der Waals surface area contributed by atoms with Gasteiger partial charge in [0.15, 0.2) is 18.1 Å². The number of methoxy groups -OCH3 is 1. The lowest BCUT2D eigenvalue weighted by Crippen LogP contribution is -2.29. The lowest BCUT2D eigenvalue weighted by Gasteiger charge is -2.11. The van der Waals surface area contributed by atoms with Crippen LogP contribution in [0.1, 0.15) is 45.1 Å². The Bertz CT molecular complexity index is 483. The second-order valence-electron chi connectivity index (χ2n) is 5.11. The minimum absolute atomic E-state index is 0.00705. The summed E-state index contributed by atoms with van der Waals surface area (Å²) in [6, 6.07) is 5.64. The molecule has 4 nitrogen and oxygen atoms in total. The van der Waals surface area contributed by atoms with Gasteiger partial charge in [-0.25, -0.2) is 0 Å². The molecule has 0 spiro atoms. The maximum atomic E-state index is 11.7. The predicted molar refractivity (Wildman–Crippen MR) is 90.3 cm³/mol. The third-order valence-corrected chi connectivity index (χ3v) is 3.26. The standard InChI is InChI=1S/C18H27NO3/c1-4-6-7-8-12-19-18(20)14-22-16-11-10-15(9-5-2)13-17(16)21-3/h5,9-11,13H,4,6-8,12,14H2,1-3H3,(H,19,20)/b9-5+. The summed E-state index contributed by atoms with van der Waals surface area (Å²) < 4.78 is 10.8. The van der Waals surface area contributed by atoms with Crippen LogP contribution >= 0.6 is 0 Å². The molecular weight excluding hydrogens is 278 g/mol. The van der Waals surface area contributed by atoms with Crippen molar-refractivity contribution in [3.05, 3.63) is 29.8 Å². The molecule has 0 heterocycles. The van der Waals surface area contributed by atoms with Gasteiger partial charge in [0.2, 0.25) is 0 Å². The molecule has 0 aromatic heterocycles. The van der Waals surface area contributed by atoms with Gasteiger partial charge in [-0.3, -0.25) is 4.79 Å². The number of amides is 1. The van der Waals surface area contributed by atoms with Crippen molar-refractivity contribution in [3.8, 4) is 11.5 Å². The Hall–Kier alpha value is -1.97. The summed E-state index contributed by atoms with van der Waals surface area (Å²) in [6.07, 6.45) is 8.51. The van der Waals surface area contributed by atoms with Crippen LogP contribution < -0.4 is 14.8 Å². The molecule has 22 heavy (non-hydrogen) atoms. The summed E-state index contributed by atoms with van der Waals surface area (Å²) >= 11 is 0. The van der Waals surface area contributed by atoms with Crippen LogP contribution in [0.15, 0.2) is 24.3 Å². The number of unbranched alkanes of at least 4 members (excludes halogenated alkanes) is 3.